The van der Waals surface area contributed by atoms with Gasteiger partial charge in [-0.25, -0.2) is 9.13 Å². The van der Waals surface area contributed by atoms with E-state index in [1.807, 2.05) is 0 Å². The van der Waals surface area contributed by atoms with E-state index in [9.17, 15) is 9.13 Å². The van der Waals surface area contributed by atoms with E-state index in [4.69, 9.17) is 14.7 Å². The summed E-state index contributed by atoms with van der Waals surface area (Å²) in [5.74, 6) is 0. The maximum Gasteiger partial charge on any atom is 0.481 e. The van der Waals surface area contributed by atoms with E-state index in [0.29, 0.717) is 5.57 Å². The summed E-state index contributed by atoms with van der Waals surface area (Å²) in [5.41, 5.74) is 0.425. The molecule has 2 atom stereocenters. The lowest BCUT2D eigenvalue weighted by molar-refractivity contribution is 0.154. The number of rotatable bonds is 5. The van der Waals surface area contributed by atoms with Crippen LogP contribution >= 0.6 is 15.6 Å². The van der Waals surface area contributed by atoms with Gasteiger partial charge in [0, 0.05) is 0 Å². The fourth-order valence-electron chi connectivity index (χ4n) is 0.443. The normalized spacial score (nSPS) is 18.6. The van der Waals surface area contributed by atoms with Crippen molar-refractivity contribution in [3.05, 3.63) is 12.2 Å². The molecule has 0 spiro atoms. The molecule has 0 aliphatic rings. The molecule has 0 aromatic rings. The Morgan fingerprint density at radius 2 is 1.79 bits per heavy atom. The Bertz CT molecular complexity index is 305. The van der Waals surface area contributed by atoms with Crippen LogP contribution in [0.2, 0.25) is 0 Å². The molecule has 0 aliphatic heterocycles. The van der Waals surface area contributed by atoms with Crippen LogP contribution in [0.15, 0.2) is 12.2 Å². The standard InChI is InChI=1S/C5H12O7P2/c1-4(2)5(3)11-14(9,10)12-13(6,7)8/h5H,1H2,2-3H3,(H,9,10)(H2,6,7,8). The molecule has 0 rings (SSSR count). The smallest absolute Gasteiger partial charge is 0.302 e. The molecule has 3 N–H and O–H groups in total. The van der Waals surface area contributed by atoms with Gasteiger partial charge >= 0.3 is 15.6 Å². The van der Waals surface area contributed by atoms with Gasteiger partial charge in [0.15, 0.2) is 0 Å². The van der Waals surface area contributed by atoms with Gasteiger partial charge in [0.1, 0.15) is 0 Å². The molecule has 9 heteroatoms. The van der Waals surface area contributed by atoms with Gasteiger partial charge in [-0.2, -0.15) is 4.31 Å². The molecule has 0 heterocycles. The average Bonchev–Trinajstić information content (AvgIpc) is 1.78. The Hall–Kier alpha value is -0.0000000000000000416. The third kappa shape index (κ3) is 6.45. The summed E-state index contributed by atoms with van der Waals surface area (Å²) in [7, 11) is -9.79. The zero-order valence-corrected chi connectivity index (χ0v) is 9.44. The maximum atomic E-state index is 10.9. The van der Waals surface area contributed by atoms with Gasteiger partial charge < -0.3 is 14.7 Å². The molecular weight excluding hydrogens is 234 g/mol. The van der Waals surface area contributed by atoms with Crippen molar-refractivity contribution in [2.75, 3.05) is 0 Å². The van der Waals surface area contributed by atoms with Crippen LogP contribution < -0.4 is 0 Å². The molecule has 0 aromatic carbocycles. The lowest BCUT2D eigenvalue weighted by Crippen LogP contribution is -2.07. The highest BCUT2D eigenvalue weighted by Crippen LogP contribution is 2.58. The van der Waals surface area contributed by atoms with Crippen LogP contribution in [0.4, 0.5) is 0 Å². The van der Waals surface area contributed by atoms with E-state index < -0.39 is 21.7 Å². The van der Waals surface area contributed by atoms with Crippen LogP contribution in [-0.4, -0.2) is 20.8 Å². The van der Waals surface area contributed by atoms with Crippen molar-refractivity contribution in [2.45, 2.75) is 20.0 Å². The van der Waals surface area contributed by atoms with Gasteiger partial charge in [-0.05, 0) is 13.8 Å². The van der Waals surface area contributed by atoms with E-state index in [1.165, 1.54) is 13.8 Å². The SMILES string of the molecule is C=C(C)C(C)OP(=O)(O)OP(=O)(O)O. The Labute approximate surface area is 81.2 Å². The first-order chi connectivity index (χ1) is 6.03. The predicted octanol–water partition coefficient (Wildman–Crippen LogP) is 1.18. The van der Waals surface area contributed by atoms with Crippen LogP contribution in [0.5, 0.6) is 0 Å². The van der Waals surface area contributed by atoms with Gasteiger partial charge in [-0.3, -0.25) is 4.52 Å². The quantitative estimate of drug-likeness (QED) is 0.492. The zero-order valence-electron chi connectivity index (χ0n) is 7.65. The highest BCUT2D eigenvalue weighted by molar-refractivity contribution is 7.60. The third-order valence-electron chi connectivity index (χ3n) is 1.19. The summed E-state index contributed by atoms with van der Waals surface area (Å²) in [6.45, 7) is 6.36. The van der Waals surface area contributed by atoms with Crippen molar-refractivity contribution in [3.8, 4) is 0 Å². The van der Waals surface area contributed by atoms with Crippen molar-refractivity contribution >= 4 is 15.6 Å². The van der Waals surface area contributed by atoms with Crippen LogP contribution in [0.25, 0.3) is 0 Å². The fraction of sp³-hybridized carbons (Fsp3) is 0.600. The molecule has 0 aliphatic carbocycles. The van der Waals surface area contributed by atoms with Crippen molar-refractivity contribution in [3.63, 3.8) is 0 Å². The summed E-state index contributed by atoms with van der Waals surface area (Å²) >= 11 is 0. The van der Waals surface area contributed by atoms with Gasteiger partial charge in [-0.15, -0.1) is 0 Å². The second-order valence-electron chi connectivity index (χ2n) is 2.63. The summed E-state index contributed by atoms with van der Waals surface area (Å²) in [5, 5.41) is 0. The molecule has 2 unspecified atom stereocenters. The zero-order chi connectivity index (χ0) is 11.6. The van der Waals surface area contributed by atoms with Gasteiger partial charge in [-0.1, -0.05) is 12.2 Å². The molecule has 14 heavy (non-hydrogen) atoms. The minimum atomic E-state index is -5.04. The molecule has 0 aromatic heterocycles. The minimum Gasteiger partial charge on any atom is -0.302 e. The van der Waals surface area contributed by atoms with Crippen LogP contribution in [0.3, 0.4) is 0 Å². The first-order valence-corrected chi connectivity index (χ1v) is 6.49. The molecule has 84 valence electrons. The first-order valence-electron chi connectivity index (χ1n) is 3.47. The number of hydrogen-bond donors (Lipinski definition) is 3. The molecule has 7 nitrogen and oxygen atoms in total. The first kappa shape index (κ1) is 14.0. The van der Waals surface area contributed by atoms with E-state index in [2.05, 4.69) is 15.4 Å². The van der Waals surface area contributed by atoms with Gasteiger partial charge in [0.25, 0.3) is 0 Å². The third-order valence-corrected chi connectivity index (χ3v) is 3.45. The van der Waals surface area contributed by atoms with Crippen molar-refractivity contribution in [2.24, 2.45) is 0 Å². The fourth-order valence-corrected chi connectivity index (χ4v) is 2.25. The number of phosphoric ester groups is 1. The Kier molecular flexibility index (Phi) is 4.68. The summed E-state index contributed by atoms with van der Waals surface area (Å²) in [6.07, 6.45) is -0.836. The largest absolute Gasteiger partial charge is 0.481 e. The summed E-state index contributed by atoms with van der Waals surface area (Å²) < 4.78 is 29.1. The van der Waals surface area contributed by atoms with E-state index in [-0.39, 0.29) is 0 Å². The van der Waals surface area contributed by atoms with Crippen LogP contribution in [0.1, 0.15) is 13.8 Å². The topological polar surface area (TPSA) is 113 Å². The van der Waals surface area contributed by atoms with Crippen molar-refractivity contribution in [1.82, 2.24) is 0 Å². The van der Waals surface area contributed by atoms with Crippen LogP contribution in [0, 0.1) is 0 Å². The second kappa shape index (κ2) is 4.68. The average molecular weight is 246 g/mol. The molecule has 0 radical (unpaired) electrons. The molecule has 0 saturated carbocycles. The highest BCUT2D eigenvalue weighted by Gasteiger charge is 2.33. The van der Waals surface area contributed by atoms with Gasteiger partial charge in [0.2, 0.25) is 0 Å². The highest BCUT2D eigenvalue weighted by atomic mass is 31.3. The van der Waals surface area contributed by atoms with Crippen molar-refractivity contribution < 1.29 is 32.6 Å². The second-order valence-corrected chi connectivity index (χ2v) is 5.42. The van der Waals surface area contributed by atoms with E-state index in [1.54, 1.807) is 0 Å². The van der Waals surface area contributed by atoms with E-state index >= 15 is 0 Å². The maximum absolute atomic E-state index is 10.9. The molecular formula is C5H12O7P2. The van der Waals surface area contributed by atoms with Crippen LogP contribution in [-0.2, 0) is 18.0 Å². The Balaban J connectivity index is 4.43. The van der Waals surface area contributed by atoms with Gasteiger partial charge in [0.05, 0.1) is 6.10 Å². The minimum absolute atomic E-state index is 0.425. The Morgan fingerprint density at radius 3 is 2.07 bits per heavy atom. The van der Waals surface area contributed by atoms with Crippen molar-refractivity contribution in [1.29, 1.82) is 0 Å². The molecule has 0 saturated heterocycles. The number of hydrogen-bond acceptors (Lipinski definition) is 4. The molecule has 0 bridgehead atoms. The van der Waals surface area contributed by atoms with E-state index in [0.717, 1.165) is 0 Å². The lowest BCUT2D eigenvalue weighted by atomic mass is 10.2. The lowest BCUT2D eigenvalue weighted by Gasteiger charge is -2.17. The summed E-state index contributed by atoms with van der Waals surface area (Å²) in [4.78, 5) is 25.4. The molecule has 0 amide bonds. The Morgan fingerprint density at radius 1 is 1.36 bits per heavy atom. The summed E-state index contributed by atoms with van der Waals surface area (Å²) in [6, 6.07) is 0. The number of phosphoric acid groups is 2. The molecule has 0 fully saturated rings. The predicted molar refractivity (Wildman–Crippen MR) is 48.3 cm³/mol. The monoisotopic (exact) mass is 246 g/mol.